The van der Waals surface area contributed by atoms with Crippen LogP contribution in [0.4, 0.5) is 0 Å². The van der Waals surface area contributed by atoms with Crippen LogP contribution < -0.4 is 10.5 Å². The highest BCUT2D eigenvalue weighted by Gasteiger charge is 2.15. The molecule has 4 heteroatoms. The zero-order chi connectivity index (χ0) is 13.1. The van der Waals surface area contributed by atoms with Crippen LogP contribution in [0.25, 0.3) is 11.3 Å². The molecule has 4 nitrogen and oxygen atoms in total. The van der Waals surface area contributed by atoms with Crippen LogP contribution in [0.3, 0.4) is 0 Å². The third-order valence-electron chi connectivity index (χ3n) is 2.97. The Hall–Kier alpha value is -1.81. The van der Waals surface area contributed by atoms with Gasteiger partial charge in [0.1, 0.15) is 17.2 Å². The fraction of sp³-hybridized carbons (Fsp3) is 0.357. The van der Waals surface area contributed by atoms with E-state index >= 15 is 0 Å². The fourth-order valence-corrected chi connectivity index (χ4v) is 1.90. The van der Waals surface area contributed by atoms with Gasteiger partial charge >= 0.3 is 0 Å². The lowest BCUT2D eigenvalue weighted by molar-refractivity contribution is 0.416. The lowest BCUT2D eigenvalue weighted by Crippen LogP contribution is -1.99. The summed E-state index contributed by atoms with van der Waals surface area (Å²) in [5, 5.41) is 0. The Morgan fingerprint density at radius 1 is 1.39 bits per heavy atom. The number of nitrogens with zero attached hydrogens (tertiary/aromatic N) is 1. The van der Waals surface area contributed by atoms with Crippen LogP contribution >= 0.6 is 0 Å². The molecule has 0 saturated heterocycles. The van der Waals surface area contributed by atoms with Crippen molar-refractivity contribution in [3.05, 3.63) is 35.9 Å². The minimum Gasteiger partial charge on any atom is -0.496 e. The number of oxazole rings is 1. The summed E-state index contributed by atoms with van der Waals surface area (Å²) in [7, 11) is 1.65. The molecule has 1 heterocycles. The Balaban J connectivity index is 2.57. The zero-order valence-electron chi connectivity index (χ0n) is 10.9. The van der Waals surface area contributed by atoms with E-state index in [1.54, 1.807) is 7.11 Å². The van der Waals surface area contributed by atoms with Crippen molar-refractivity contribution in [3.63, 3.8) is 0 Å². The van der Waals surface area contributed by atoms with Gasteiger partial charge in [-0.05, 0) is 23.6 Å². The standard InChI is InChI=1S/C14H18N2O2/c1-9(2)10-4-5-12(17-3)11(6-10)14-13(7-15)18-8-16-14/h4-6,8-9H,7,15H2,1-3H3. The predicted octanol–water partition coefficient (Wildman–Crippen LogP) is 2.93. The lowest BCUT2D eigenvalue weighted by atomic mass is 9.98. The van der Waals surface area contributed by atoms with Crippen molar-refractivity contribution in [3.8, 4) is 17.0 Å². The summed E-state index contributed by atoms with van der Waals surface area (Å²) in [6, 6.07) is 6.11. The fourth-order valence-electron chi connectivity index (χ4n) is 1.90. The second-order valence-corrected chi connectivity index (χ2v) is 4.44. The van der Waals surface area contributed by atoms with E-state index in [0.29, 0.717) is 18.2 Å². The Morgan fingerprint density at radius 3 is 2.78 bits per heavy atom. The molecular weight excluding hydrogens is 228 g/mol. The van der Waals surface area contributed by atoms with Crippen molar-refractivity contribution >= 4 is 0 Å². The van der Waals surface area contributed by atoms with Gasteiger partial charge in [-0.1, -0.05) is 19.9 Å². The Labute approximate surface area is 107 Å². The van der Waals surface area contributed by atoms with Crippen LogP contribution in [0.5, 0.6) is 5.75 Å². The van der Waals surface area contributed by atoms with Crippen molar-refractivity contribution in [2.24, 2.45) is 5.73 Å². The van der Waals surface area contributed by atoms with E-state index in [4.69, 9.17) is 14.9 Å². The zero-order valence-corrected chi connectivity index (χ0v) is 10.9. The summed E-state index contributed by atoms with van der Waals surface area (Å²) in [5.74, 6) is 1.90. The summed E-state index contributed by atoms with van der Waals surface area (Å²) in [4.78, 5) is 4.24. The van der Waals surface area contributed by atoms with Gasteiger partial charge in [-0.25, -0.2) is 4.98 Å². The second kappa shape index (κ2) is 5.23. The number of hydrogen-bond donors (Lipinski definition) is 1. The van der Waals surface area contributed by atoms with E-state index in [2.05, 4.69) is 31.0 Å². The van der Waals surface area contributed by atoms with Gasteiger partial charge in [-0.3, -0.25) is 0 Å². The van der Waals surface area contributed by atoms with Crippen molar-refractivity contribution in [2.45, 2.75) is 26.3 Å². The number of ether oxygens (including phenoxy) is 1. The average Bonchev–Trinajstić information content (AvgIpc) is 2.85. The van der Waals surface area contributed by atoms with E-state index in [1.807, 2.05) is 6.07 Å². The molecule has 2 N–H and O–H groups in total. The van der Waals surface area contributed by atoms with Crippen molar-refractivity contribution in [2.75, 3.05) is 7.11 Å². The molecule has 0 saturated carbocycles. The van der Waals surface area contributed by atoms with Crippen LogP contribution in [0, 0.1) is 0 Å². The van der Waals surface area contributed by atoms with Crippen LogP contribution in [-0.4, -0.2) is 12.1 Å². The molecule has 0 atom stereocenters. The first-order chi connectivity index (χ1) is 8.67. The van der Waals surface area contributed by atoms with Crippen molar-refractivity contribution in [1.29, 1.82) is 0 Å². The van der Waals surface area contributed by atoms with Gasteiger partial charge in [0, 0.05) is 5.56 Å². The van der Waals surface area contributed by atoms with Gasteiger partial charge in [0.15, 0.2) is 6.39 Å². The van der Waals surface area contributed by atoms with E-state index in [-0.39, 0.29) is 0 Å². The minimum atomic E-state index is 0.324. The molecule has 96 valence electrons. The average molecular weight is 246 g/mol. The maximum atomic E-state index is 5.65. The topological polar surface area (TPSA) is 61.3 Å². The highest BCUT2D eigenvalue weighted by molar-refractivity contribution is 5.69. The molecule has 0 bridgehead atoms. The third-order valence-corrected chi connectivity index (χ3v) is 2.97. The van der Waals surface area contributed by atoms with Gasteiger partial charge in [-0.15, -0.1) is 0 Å². The lowest BCUT2D eigenvalue weighted by Gasteiger charge is -2.11. The Kier molecular flexibility index (Phi) is 3.67. The number of benzene rings is 1. The van der Waals surface area contributed by atoms with Crippen LogP contribution in [0.1, 0.15) is 31.1 Å². The molecule has 0 aliphatic carbocycles. The van der Waals surface area contributed by atoms with E-state index in [1.165, 1.54) is 12.0 Å². The van der Waals surface area contributed by atoms with Gasteiger partial charge < -0.3 is 14.9 Å². The molecule has 1 aromatic heterocycles. The quantitative estimate of drug-likeness (QED) is 0.901. The first-order valence-electron chi connectivity index (χ1n) is 5.98. The number of rotatable bonds is 4. The first kappa shape index (κ1) is 12.6. The van der Waals surface area contributed by atoms with Crippen LogP contribution in [0.2, 0.25) is 0 Å². The predicted molar refractivity (Wildman–Crippen MR) is 70.5 cm³/mol. The minimum absolute atomic E-state index is 0.324. The number of aromatic nitrogens is 1. The summed E-state index contributed by atoms with van der Waals surface area (Å²) in [5.41, 5.74) is 8.57. The van der Waals surface area contributed by atoms with Crippen molar-refractivity contribution < 1.29 is 9.15 Å². The Morgan fingerprint density at radius 2 is 2.17 bits per heavy atom. The molecule has 0 aliphatic rings. The van der Waals surface area contributed by atoms with Gasteiger partial charge in [0.05, 0.1) is 13.7 Å². The Bertz CT molecular complexity index is 532. The summed E-state index contributed by atoms with van der Waals surface area (Å²) >= 11 is 0. The first-order valence-corrected chi connectivity index (χ1v) is 5.98. The number of methoxy groups -OCH3 is 1. The van der Waals surface area contributed by atoms with Crippen LogP contribution in [0.15, 0.2) is 29.0 Å². The monoisotopic (exact) mass is 246 g/mol. The molecule has 0 unspecified atom stereocenters. The molecule has 0 spiro atoms. The molecule has 18 heavy (non-hydrogen) atoms. The molecule has 0 aliphatic heterocycles. The van der Waals surface area contributed by atoms with Crippen molar-refractivity contribution in [1.82, 2.24) is 4.98 Å². The smallest absolute Gasteiger partial charge is 0.181 e. The van der Waals surface area contributed by atoms with E-state index < -0.39 is 0 Å². The maximum Gasteiger partial charge on any atom is 0.181 e. The van der Waals surface area contributed by atoms with Gasteiger partial charge in [0.25, 0.3) is 0 Å². The molecule has 0 fully saturated rings. The van der Waals surface area contributed by atoms with E-state index in [0.717, 1.165) is 17.0 Å². The number of hydrogen-bond acceptors (Lipinski definition) is 4. The summed E-state index contributed by atoms with van der Waals surface area (Å²) < 4.78 is 10.7. The molecule has 0 radical (unpaired) electrons. The summed E-state index contributed by atoms with van der Waals surface area (Å²) in [6.07, 6.45) is 1.42. The van der Waals surface area contributed by atoms with Crippen LogP contribution in [-0.2, 0) is 6.54 Å². The maximum absolute atomic E-state index is 5.65. The van der Waals surface area contributed by atoms with E-state index in [9.17, 15) is 0 Å². The molecule has 2 rings (SSSR count). The normalized spacial score (nSPS) is 10.9. The summed E-state index contributed by atoms with van der Waals surface area (Å²) in [6.45, 7) is 4.63. The highest BCUT2D eigenvalue weighted by Crippen LogP contribution is 2.33. The third kappa shape index (κ3) is 2.24. The SMILES string of the molecule is COc1ccc(C(C)C)cc1-c1ncoc1CN. The number of nitrogens with two attached hydrogens (primary N) is 1. The largest absolute Gasteiger partial charge is 0.496 e. The second-order valence-electron chi connectivity index (χ2n) is 4.44. The molecule has 0 amide bonds. The molecule has 1 aromatic carbocycles. The van der Waals surface area contributed by atoms with Gasteiger partial charge in [-0.2, -0.15) is 0 Å². The molecule has 2 aromatic rings. The van der Waals surface area contributed by atoms with Gasteiger partial charge in [0.2, 0.25) is 0 Å². The highest BCUT2D eigenvalue weighted by atomic mass is 16.5. The molecular formula is C14H18N2O2.